The summed E-state index contributed by atoms with van der Waals surface area (Å²) in [5.74, 6) is -1.69. The predicted molar refractivity (Wildman–Crippen MR) is 68.7 cm³/mol. The Morgan fingerprint density at radius 3 is 2.50 bits per heavy atom. The summed E-state index contributed by atoms with van der Waals surface area (Å²) in [6, 6.07) is 0. The first kappa shape index (κ1) is 14.8. The molecule has 0 aromatic rings. The molecule has 0 radical (unpaired) electrons. The molecule has 0 aromatic heterocycles. The van der Waals surface area contributed by atoms with E-state index in [0.29, 0.717) is 19.5 Å². The van der Waals surface area contributed by atoms with Gasteiger partial charge in [-0.05, 0) is 25.7 Å². The number of hydrogen-bond acceptors (Lipinski definition) is 4. The second-order valence-corrected chi connectivity index (χ2v) is 5.50. The van der Waals surface area contributed by atoms with Gasteiger partial charge in [-0.1, -0.05) is 0 Å². The molecule has 3 N–H and O–H groups in total. The van der Waals surface area contributed by atoms with E-state index in [1.807, 2.05) is 0 Å². The smallest absolute Gasteiger partial charge is 0.334 e. The molecular formula is C13H20N2O5. The molecule has 1 aliphatic heterocycles. The monoisotopic (exact) mass is 284 g/mol. The first-order chi connectivity index (χ1) is 9.49. The van der Waals surface area contributed by atoms with E-state index < -0.39 is 12.1 Å². The second kappa shape index (κ2) is 6.21. The fourth-order valence-corrected chi connectivity index (χ4v) is 2.41. The lowest BCUT2D eigenvalue weighted by Crippen LogP contribution is -2.47. The third-order valence-corrected chi connectivity index (χ3v) is 3.79. The summed E-state index contributed by atoms with van der Waals surface area (Å²) in [4.78, 5) is 36.1. The molecule has 2 aliphatic rings. The van der Waals surface area contributed by atoms with Crippen molar-refractivity contribution in [3.05, 3.63) is 0 Å². The number of hydrogen-bond donors (Lipinski definition) is 3. The number of aliphatic carboxylic acids is 1. The highest BCUT2D eigenvalue weighted by Gasteiger charge is 2.36. The summed E-state index contributed by atoms with van der Waals surface area (Å²) < 4.78 is 0. The number of carboxylic acids is 1. The molecule has 2 amide bonds. The minimum absolute atomic E-state index is 0.132. The Hall–Kier alpha value is -1.63. The third kappa shape index (κ3) is 3.69. The lowest BCUT2D eigenvalue weighted by Gasteiger charge is -2.32. The number of carbonyl (C=O) groups is 3. The molecule has 112 valence electrons. The average Bonchev–Trinajstić information content (AvgIpc) is 3.28. The molecule has 1 unspecified atom stereocenters. The van der Waals surface area contributed by atoms with Gasteiger partial charge in [0.05, 0.1) is 12.5 Å². The van der Waals surface area contributed by atoms with Gasteiger partial charge >= 0.3 is 5.97 Å². The lowest BCUT2D eigenvalue weighted by molar-refractivity contribution is -0.146. The SMILES string of the molecule is O=C(NC[C@H](O)C(=O)O)C1CCCN(C(=O)C2CC2)C1. The van der Waals surface area contributed by atoms with Crippen LogP contribution in [0.25, 0.3) is 0 Å². The van der Waals surface area contributed by atoms with Crippen molar-refractivity contribution in [2.24, 2.45) is 11.8 Å². The third-order valence-electron chi connectivity index (χ3n) is 3.79. The zero-order valence-corrected chi connectivity index (χ0v) is 11.2. The molecule has 1 saturated carbocycles. The van der Waals surface area contributed by atoms with Gasteiger partial charge in [-0.3, -0.25) is 9.59 Å². The van der Waals surface area contributed by atoms with Crippen molar-refractivity contribution in [2.75, 3.05) is 19.6 Å². The minimum Gasteiger partial charge on any atom is -0.479 e. The Bertz CT molecular complexity index is 408. The molecule has 2 fully saturated rings. The van der Waals surface area contributed by atoms with Gasteiger partial charge < -0.3 is 20.4 Å². The molecule has 2 atom stereocenters. The lowest BCUT2D eigenvalue weighted by atomic mass is 9.96. The Morgan fingerprint density at radius 1 is 1.20 bits per heavy atom. The van der Waals surface area contributed by atoms with Crippen LogP contribution < -0.4 is 5.32 Å². The molecule has 7 nitrogen and oxygen atoms in total. The fraction of sp³-hybridized carbons (Fsp3) is 0.769. The highest BCUT2D eigenvalue weighted by Crippen LogP contribution is 2.32. The van der Waals surface area contributed by atoms with Crippen molar-refractivity contribution in [2.45, 2.75) is 31.8 Å². The highest BCUT2D eigenvalue weighted by atomic mass is 16.4. The average molecular weight is 284 g/mol. The van der Waals surface area contributed by atoms with Crippen molar-refractivity contribution in [3.8, 4) is 0 Å². The predicted octanol–water partition coefficient (Wildman–Crippen LogP) is -0.803. The number of rotatable bonds is 5. The largest absolute Gasteiger partial charge is 0.479 e. The minimum atomic E-state index is -1.59. The Balaban J connectivity index is 1.80. The number of aliphatic hydroxyl groups excluding tert-OH is 1. The van der Waals surface area contributed by atoms with Crippen LogP contribution in [-0.4, -0.2) is 58.6 Å². The summed E-state index contributed by atoms with van der Waals surface area (Å²) in [7, 11) is 0. The van der Waals surface area contributed by atoms with Crippen molar-refractivity contribution >= 4 is 17.8 Å². The Labute approximate surface area is 116 Å². The normalized spacial score (nSPS) is 24.1. The Kier molecular flexibility index (Phi) is 4.59. The number of amides is 2. The molecule has 1 saturated heterocycles. The van der Waals surface area contributed by atoms with Crippen LogP contribution >= 0.6 is 0 Å². The quantitative estimate of drug-likeness (QED) is 0.612. The van der Waals surface area contributed by atoms with Gasteiger partial charge in [0.25, 0.3) is 0 Å². The van der Waals surface area contributed by atoms with Gasteiger partial charge in [-0.15, -0.1) is 0 Å². The zero-order chi connectivity index (χ0) is 14.7. The molecule has 0 aromatic carbocycles. The molecule has 20 heavy (non-hydrogen) atoms. The summed E-state index contributed by atoms with van der Waals surface area (Å²) >= 11 is 0. The number of carboxylic acid groups (broad SMARTS) is 1. The van der Waals surface area contributed by atoms with E-state index in [-0.39, 0.29) is 30.2 Å². The van der Waals surface area contributed by atoms with Crippen LogP contribution in [0.1, 0.15) is 25.7 Å². The van der Waals surface area contributed by atoms with Crippen molar-refractivity contribution in [1.29, 1.82) is 0 Å². The van der Waals surface area contributed by atoms with Gasteiger partial charge in [-0.25, -0.2) is 4.79 Å². The maximum atomic E-state index is 12.0. The highest BCUT2D eigenvalue weighted by molar-refractivity contribution is 5.84. The van der Waals surface area contributed by atoms with Crippen molar-refractivity contribution in [1.82, 2.24) is 10.2 Å². The van der Waals surface area contributed by atoms with E-state index in [1.165, 1.54) is 0 Å². The first-order valence-electron chi connectivity index (χ1n) is 6.96. The van der Waals surface area contributed by atoms with Crippen LogP contribution in [0.4, 0.5) is 0 Å². The maximum Gasteiger partial charge on any atom is 0.334 e. The fourth-order valence-electron chi connectivity index (χ4n) is 2.41. The van der Waals surface area contributed by atoms with Gasteiger partial charge in [0, 0.05) is 19.0 Å². The molecule has 0 bridgehead atoms. The number of piperidine rings is 1. The van der Waals surface area contributed by atoms with E-state index >= 15 is 0 Å². The topological polar surface area (TPSA) is 107 Å². The first-order valence-corrected chi connectivity index (χ1v) is 6.96. The van der Waals surface area contributed by atoms with Crippen LogP contribution in [0.5, 0.6) is 0 Å². The van der Waals surface area contributed by atoms with Gasteiger partial charge in [0.1, 0.15) is 0 Å². The van der Waals surface area contributed by atoms with E-state index in [4.69, 9.17) is 10.2 Å². The van der Waals surface area contributed by atoms with E-state index in [2.05, 4.69) is 5.32 Å². The van der Waals surface area contributed by atoms with Crippen LogP contribution in [0.3, 0.4) is 0 Å². The van der Waals surface area contributed by atoms with Crippen LogP contribution in [-0.2, 0) is 14.4 Å². The molecular weight excluding hydrogens is 264 g/mol. The summed E-state index contributed by atoms with van der Waals surface area (Å²) in [6.07, 6.45) is 1.75. The number of nitrogens with zero attached hydrogens (tertiary/aromatic N) is 1. The van der Waals surface area contributed by atoms with Gasteiger partial charge in [-0.2, -0.15) is 0 Å². The molecule has 0 spiro atoms. The van der Waals surface area contributed by atoms with E-state index in [9.17, 15) is 14.4 Å². The van der Waals surface area contributed by atoms with Gasteiger partial charge in [0.2, 0.25) is 11.8 Å². The maximum absolute atomic E-state index is 12.0. The van der Waals surface area contributed by atoms with Crippen LogP contribution in [0.2, 0.25) is 0 Å². The second-order valence-electron chi connectivity index (χ2n) is 5.50. The number of nitrogens with one attached hydrogen (secondary N) is 1. The number of aliphatic hydroxyl groups is 1. The summed E-state index contributed by atoms with van der Waals surface area (Å²) in [5.41, 5.74) is 0. The van der Waals surface area contributed by atoms with Gasteiger partial charge in [0.15, 0.2) is 6.10 Å². The Morgan fingerprint density at radius 2 is 1.90 bits per heavy atom. The number of likely N-dealkylation sites (tertiary alicyclic amines) is 1. The van der Waals surface area contributed by atoms with Crippen LogP contribution in [0.15, 0.2) is 0 Å². The molecule has 2 rings (SSSR count). The standard InChI is InChI=1S/C13H20N2O5/c16-10(13(19)20)6-14-11(17)9-2-1-5-15(7-9)12(18)8-3-4-8/h8-10,16H,1-7H2,(H,14,17)(H,19,20)/t9?,10-/m0/s1. The van der Waals surface area contributed by atoms with E-state index in [0.717, 1.165) is 19.3 Å². The van der Waals surface area contributed by atoms with Crippen LogP contribution in [0, 0.1) is 11.8 Å². The van der Waals surface area contributed by atoms with E-state index in [1.54, 1.807) is 4.90 Å². The molecule has 1 aliphatic carbocycles. The molecule has 7 heteroatoms. The summed E-state index contributed by atoms with van der Waals surface area (Å²) in [5, 5.41) is 20.1. The van der Waals surface area contributed by atoms with Crippen molar-refractivity contribution < 1.29 is 24.6 Å². The van der Waals surface area contributed by atoms with Crippen molar-refractivity contribution in [3.63, 3.8) is 0 Å². The molecule has 1 heterocycles. The zero-order valence-electron chi connectivity index (χ0n) is 11.2. The summed E-state index contributed by atoms with van der Waals surface area (Å²) in [6.45, 7) is 0.780. The number of carbonyl (C=O) groups excluding carboxylic acids is 2.